The van der Waals surface area contributed by atoms with Crippen LogP contribution in [0.3, 0.4) is 0 Å². The maximum Gasteiger partial charge on any atom is 0.217 e. The van der Waals surface area contributed by atoms with Gasteiger partial charge in [-0.1, -0.05) is 18.2 Å². The summed E-state index contributed by atoms with van der Waals surface area (Å²) in [4.78, 5) is 10.9. The number of methoxy groups -OCH3 is 1. The lowest BCUT2D eigenvalue weighted by molar-refractivity contribution is -0.119. The number of para-hydroxylation sites is 1. The first-order valence-electron chi connectivity index (χ1n) is 5.12. The normalized spacial score (nSPS) is 23.3. The molecule has 0 bridgehead atoms. The molecule has 0 aliphatic heterocycles. The predicted octanol–water partition coefficient (Wildman–Crippen LogP) is 1.69. The van der Waals surface area contributed by atoms with Gasteiger partial charge in [0, 0.05) is 18.9 Å². The van der Waals surface area contributed by atoms with E-state index in [2.05, 4.69) is 11.4 Å². The third kappa shape index (κ3) is 2.12. The van der Waals surface area contributed by atoms with Gasteiger partial charge < -0.3 is 10.1 Å². The van der Waals surface area contributed by atoms with E-state index < -0.39 is 0 Å². The fraction of sp³-hybridized carbons (Fsp3) is 0.417. The van der Waals surface area contributed by atoms with Crippen LogP contribution in [0, 0.1) is 0 Å². The van der Waals surface area contributed by atoms with Gasteiger partial charge in [0.1, 0.15) is 5.75 Å². The minimum Gasteiger partial charge on any atom is -0.496 e. The van der Waals surface area contributed by atoms with Crippen molar-refractivity contribution in [2.75, 3.05) is 7.11 Å². The van der Waals surface area contributed by atoms with Gasteiger partial charge in [-0.15, -0.1) is 0 Å². The summed E-state index contributed by atoms with van der Waals surface area (Å²) in [5, 5.41) is 2.92. The van der Waals surface area contributed by atoms with E-state index in [-0.39, 0.29) is 5.91 Å². The molecule has 1 amide bonds. The molecule has 1 aromatic carbocycles. The van der Waals surface area contributed by atoms with Crippen LogP contribution in [0.1, 0.15) is 24.8 Å². The summed E-state index contributed by atoms with van der Waals surface area (Å²) in [7, 11) is 1.68. The Morgan fingerprint density at radius 2 is 2.20 bits per heavy atom. The molecule has 0 unspecified atom stereocenters. The van der Waals surface area contributed by atoms with Gasteiger partial charge in [-0.25, -0.2) is 0 Å². The van der Waals surface area contributed by atoms with Crippen LogP contribution < -0.4 is 10.1 Å². The average molecular weight is 205 g/mol. The number of rotatable bonds is 3. The van der Waals surface area contributed by atoms with Crippen molar-refractivity contribution < 1.29 is 9.53 Å². The van der Waals surface area contributed by atoms with E-state index in [4.69, 9.17) is 4.74 Å². The lowest BCUT2D eigenvalue weighted by Gasteiger charge is -2.07. The number of nitrogens with one attached hydrogen (secondary N) is 1. The molecule has 1 saturated carbocycles. The van der Waals surface area contributed by atoms with Crippen LogP contribution in [0.15, 0.2) is 24.3 Å². The Hall–Kier alpha value is -1.51. The first kappa shape index (κ1) is 10.0. The smallest absolute Gasteiger partial charge is 0.217 e. The second kappa shape index (κ2) is 3.93. The molecule has 0 aromatic heterocycles. The van der Waals surface area contributed by atoms with Crippen LogP contribution in [-0.2, 0) is 4.79 Å². The first-order valence-corrected chi connectivity index (χ1v) is 5.12. The zero-order valence-electron chi connectivity index (χ0n) is 8.99. The van der Waals surface area contributed by atoms with Crippen molar-refractivity contribution in [2.24, 2.45) is 0 Å². The molecular formula is C12H15NO2. The van der Waals surface area contributed by atoms with Gasteiger partial charge in [0.15, 0.2) is 0 Å². The topological polar surface area (TPSA) is 38.3 Å². The summed E-state index contributed by atoms with van der Waals surface area (Å²) in [6.45, 7) is 1.55. The Morgan fingerprint density at radius 1 is 1.47 bits per heavy atom. The molecule has 80 valence electrons. The van der Waals surface area contributed by atoms with E-state index in [1.165, 1.54) is 5.56 Å². The number of hydrogen-bond donors (Lipinski definition) is 1. The van der Waals surface area contributed by atoms with E-state index in [1.807, 2.05) is 18.2 Å². The molecule has 1 aromatic rings. The molecule has 2 rings (SSSR count). The Bertz CT molecular complexity index is 376. The highest BCUT2D eigenvalue weighted by Gasteiger charge is 2.40. The molecule has 15 heavy (non-hydrogen) atoms. The van der Waals surface area contributed by atoms with Crippen molar-refractivity contribution in [3.8, 4) is 5.75 Å². The minimum atomic E-state index is 0.0393. The number of hydrogen-bond acceptors (Lipinski definition) is 2. The van der Waals surface area contributed by atoms with Gasteiger partial charge in [-0.05, 0) is 18.1 Å². The summed E-state index contributed by atoms with van der Waals surface area (Å²) >= 11 is 0. The molecular weight excluding hydrogens is 190 g/mol. The Balaban J connectivity index is 2.09. The molecule has 0 spiro atoms. The van der Waals surface area contributed by atoms with E-state index in [9.17, 15) is 4.79 Å². The van der Waals surface area contributed by atoms with Crippen molar-refractivity contribution in [3.63, 3.8) is 0 Å². The van der Waals surface area contributed by atoms with Crippen LogP contribution in [0.25, 0.3) is 0 Å². The predicted molar refractivity (Wildman–Crippen MR) is 58.0 cm³/mol. The fourth-order valence-corrected chi connectivity index (χ4v) is 1.93. The number of benzene rings is 1. The summed E-state index contributed by atoms with van der Waals surface area (Å²) < 4.78 is 5.29. The van der Waals surface area contributed by atoms with Crippen molar-refractivity contribution in [2.45, 2.75) is 25.3 Å². The largest absolute Gasteiger partial charge is 0.496 e. The van der Waals surface area contributed by atoms with E-state index in [1.54, 1.807) is 14.0 Å². The number of carbonyl (C=O) groups excluding carboxylic acids is 1. The monoisotopic (exact) mass is 205 g/mol. The summed E-state index contributed by atoms with van der Waals surface area (Å²) in [5.74, 6) is 1.37. The Kier molecular flexibility index (Phi) is 2.62. The van der Waals surface area contributed by atoms with Crippen LogP contribution in [0.4, 0.5) is 0 Å². The zero-order valence-corrected chi connectivity index (χ0v) is 8.99. The van der Waals surface area contributed by atoms with Crippen LogP contribution in [0.5, 0.6) is 5.75 Å². The molecule has 1 N–H and O–H groups in total. The van der Waals surface area contributed by atoms with E-state index in [0.29, 0.717) is 12.0 Å². The molecule has 3 nitrogen and oxygen atoms in total. The Morgan fingerprint density at radius 3 is 2.87 bits per heavy atom. The molecule has 1 aliphatic carbocycles. The molecule has 3 heteroatoms. The van der Waals surface area contributed by atoms with Gasteiger partial charge in [-0.3, -0.25) is 4.79 Å². The lowest BCUT2D eigenvalue weighted by Crippen LogP contribution is -2.23. The van der Waals surface area contributed by atoms with E-state index in [0.717, 1.165) is 12.2 Å². The van der Waals surface area contributed by atoms with Gasteiger partial charge in [-0.2, -0.15) is 0 Å². The second-order valence-corrected chi connectivity index (χ2v) is 3.89. The number of carbonyl (C=O) groups is 1. The highest BCUT2D eigenvalue weighted by atomic mass is 16.5. The van der Waals surface area contributed by atoms with Crippen LogP contribution in [0.2, 0.25) is 0 Å². The lowest BCUT2D eigenvalue weighted by atomic mass is 10.1. The van der Waals surface area contributed by atoms with Crippen LogP contribution >= 0.6 is 0 Å². The summed E-state index contributed by atoms with van der Waals surface area (Å²) in [6.07, 6.45) is 1.01. The zero-order chi connectivity index (χ0) is 10.8. The minimum absolute atomic E-state index is 0.0393. The SMILES string of the molecule is COc1ccccc1[C@@H]1C[C@H]1NC(C)=O. The maximum atomic E-state index is 10.9. The third-order valence-electron chi connectivity index (χ3n) is 2.72. The van der Waals surface area contributed by atoms with E-state index >= 15 is 0 Å². The molecule has 1 fully saturated rings. The number of amides is 1. The van der Waals surface area contributed by atoms with Gasteiger partial charge in [0.25, 0.3) is 0 Å². The first-order chi connectivity index (χ1) is 7.22. The van der Waals surface area contributed by atoms with Gasteiger partial charge >= 0.3 is 0 Å². The quantitative estimate of drug-likeness (QED) is 0.815. The highest BCUT2D eigenvalue weighted by molar-refractivity contribution is 5.74. The maximum absolute atomic E-state index is 10.9. The van der Waals surface area contributed by atoms with Crippen molar-refractivity contribution in [1.29, 1.82) is 0 Å². The average Bonchev–Trinajstić information content (AvgIpc) is 2.96. The summed E-state index contributed by atoms with van der Waals surface area (Å²) in [6, 6.07) is 8.27. The standard InChI is InChI=1S/C12H15NO2/c1-8(14)13-11-7-10(11)9-5-3-4-6-12(9)15-2/h3-6,10-11H,7H2,1-2H3,(H,13,14)/t10-,11+/m0/s1. The number of ether oxygens (including phenoxy) is 1. The molecule has 0 heterocycles. The molecule has 2 atom stereocenters. The molecule has 0 saturated heterocycles. The van der Waals surface area contributed by atoms with Crippen molar-refractivity contribution in [3.05, 3.63) is 29.8 Å². The van der Waals surface area contributed by atoms with Gasteiger partial charge in [0.05, 0.1) is 7.11 Å². The molecule has 1 aliphatic rings. The molecule has 0 radical (unpaired) electrons. The fourth-order valence-electron chi connectivity index (χ4n) is 1.93. The third-order valence-corrected chi connectivity index (χ3v) is 2.72. The van der Waals surface area contributed by atoms with Gasteiger partial charge in [0.2, 0.25) is 5.91 Å². The summed E-state index contributed by atoms with van der Waals surface area (Å²) in [5.41, 5.74) is 1.19. The Labute approximate surface area is 89.4 Å². The van der Waals surface area contributed by atoms with Crippen molar-refractivity contribution in [1.82, 2.24) is 5.32 Å². The van der Waals surface area contributed by atoms with Crippen LogP contribution in [-0.4, -0.2) is 19.1 Å². The highest BCUT2D eigenvalue weighted by Crippen LogP contribution is 2.44. The second-order valence-electron chi connectivity index (χ2n) is 3.89. The van der Waals surface area contributed by atoms with Crippen molar-refractivity contribution >= 4 is 5.91 Å².